The summed E-state index contributed by atoms with van der Waals surface area (Å²) in [4.78, 5) is 22.7. The number of rotatable bonds is 4. The van der Waals surface area contributed by atoms with Gasteiger partial charge in [-0.2, -0.15) is 0 Å². The standard InChI is InChI=1S/C15H21NO3/c1-10-7-11-12(8-15(2,3)9-13(11)17)16(10)6-4-5-14(18)19/h7H,4-6,8-9H2,1-3H3,(H,18,19). The third-order valence-electron chi connectivity index (χ3n) is 3.77. The molecule has 1 N–H and O–H groups in total. The first kappa shape index (κ1) is 13.8. The molecule has 4 nitrogen and oxygen atoms in total. The molecular formula is C15H21NO3. The second kappa shape index (κ2) is 4.83. The van der Waals surface area contributed by atoms with Crippen LogP contribution < -0.4 is 0 Å². The van der Waals surface area contributed by atoms with Crippen LogP contribution in [0.3, 0.4) is 0 Å². The van der Waals surface area contributed by atoms with Crippen molar-refractivity contribution in [2.45, 2.75) is 53.0 Å². The summed E-state index contributed by atoms with van der Waals surface area (Å²) < 4.78 is 2.12. The Morgan fingerprint density at radius 1 is 1.42 bits per heavy atom. The van der Waals surface area contributed by atoms with Gasteiger partial charge in [-0.1, -0.05) is 13.8 Å². The summed E-state index contributed by atoms with van der Waals surface area (Å²) >= 11 is 0. The number of aliphatic carboxylic acids is 1. The van der Waals surface area contributed by atoms with Gasteiger partial charge in [-0.05, 0) is 31.2 Å². The number of carboxylic acid groups (broad SMARTS) is 1. The Hall–Kier alpha value is -1.58. The lowest BCUT2D eigenvalue weighted by atomic mass is 9.76. The van der Waals surface area contributed by atoms with Crippen LogP contribution in [0.1, 0.15) is 54.9 Å². The summed E-state index contributed by atoms with van der Waals surface area (Å²) in [7, 11) is 0. The molecule has 1 aliphatic carbocycles. The first-order valence-corrected chi connectivity index (χ1v) is 6.74. The van der Waals surface area contributed by atoms with Crippen molar-refractivity contribution in [3.63, 3.8) is 0 Å². The van der Waals surface area contributed by atoms with Gasteiger partial charge in [0.1, 0.15) is 0 Å². The molecule has 0 saturated heterocycles. The van der Waals surface area contributed by atoms with E-state index in [0.29, 0.717) is 19.4 Å². The maximum atomic E-state index is 12.1. The van der Waals surface area contributed by atoms with Gasteiger partial charge in [0, 0.05) is 36.3 Å². The van der Waals surface area contributed by atoms with E-state index in [1.807, 2.05) is 13.0 Å². The van der Waals surface area contributed by atoms with Gasteiger partial charge in [0.25, 0.3) is 0 Å². The maximum absolute atomic E-state index is 12.1. The molecule has 0 saturated carbocycles. The quantitative estimate of drug-likeness (QED) is 0.908. The van der Waals surface area contributed by atoms with Crippen molar-refractivity contribution in [2.75, 3.05) is 0 Å². The lowest BCUT2D eigenvalue weighted by Crippen LogP contribution is -2.28. The summed E-state index contributed by atoms with van der Waals surface area (Å²) in [5, 5.41) is 8.71. The minimum absolute atomic E-state index is 0.000571. The van der Waals surface area contributed by atoms with E-state index in [9.17, 15) is 9.59 Å². The van der Waals surface area contributed by atoms with Crippen LogP contribution in [0.4, 0.5) is 0 Å². The Morgan fingerprint density at radius 2 is 2.11 bits per heavy atom. The fraction of sp³-hybridized carbons (Fsp3) is 0.600. The van der Waals surface area contributed by atoms with Gasteiger partial charge < -0.3 is 9.67 Å². The van der Waals surface area contributed by atoms with Crippen LogP contribution in [0.15, 0.2) is 6.07 Å². The highest BCUT2D eigenvalue weighted by molar-refractivity contribution is 5.99. The molecule has 1 heterocycles. The minimum Gasteiger partial charge on any atom is -0.481 e. The van der Waals surface area contributed by atoms with Crippen LogP contribution in [0.5, 0.6) is 0 Å². The summed E-state index contributed by atoms with van der Waals surface area (Å²) in [6, 6.07) is 1.95. The van der Waals surface area contributed by atoms with E-state index in [2.05, 4.69) is 18.4 Å². The van der Waals surface area contributed by atoms with Crippen molar-refractivity contribution in [1.29, 1.82) is 0 Å². The Labute approximate surface area is 113 Å². The number of ketones is 1. The second-order valence-corrected chi connectivity index (χ2v) is 6.24. The van der Waals surface area contributed by atoms with Crippen LogP contribution in [0.25, 0.3) is 0 Å². The van der Waals surface area contributed by atoms with E-state index in [0.717, 1.165) is 23.4 Å². The number of carboxylic acids is 1. The molecule has 1 aliphatic rings. The molecule has 1 aromatic rings. The van der Waals surface area contributed by atoms with Crippen LogP contribution in [0.2, 0.25) is 0 Å². The zero-order chi connectivity index (χ0) is 14.2. The topological polar surface area (TPSA) is 59.3 Å². The minimum atomic E-state index is -0.768. The normalized spacial score (nSPS) is 17.3. The third-order valence-corrected chi connectivity index (χ3v) is 3.77. The molecular weight excluding hydrogens is 242 g/mol. The van der Waals surface area contributed by atoms with E-state index in [-0.39, 0.29) is 17.6 Å². The number of aromatic nitrogens is 1. The van der Waals surface area contributed by atoms with E-state index in [4.69, 9.17) is 5.11 Å². The van der Waals surface area contributed by atoms with Crippen LogP contribution in [-0.4, -0.2) is 21.4 Å². The molecule has 0 unspecified atom stereocenters. The number of fused-ring (bicyclic) bond motifs is 1. The average molecular weight is 263 g/mol. The van der Waals surface area contributed by atoms with Gasteiger partial charge in [0.05, 0.1) is 0 Å². The number of carbonyl (C=O) groups is 2. The number of hydrogen-bond acceptors (Lipinski definition) is 2. The highest BCUT2D eigenvalue weighted by Crippen LogP contribution is 2.36. The molecule has 0 aliphatic heterocycles. The second-order valence-electron chi connectivity index (χ2n) is 6.24. The number of aryl methyl sites for hydroxylation is 1. The van der Waals surface area contributed by atoms with Gasteiger partial charge >= 0.3 is 5.97 Å². The van der Waals surface area contributed by atoms with E-state index < -0.39 is 5.97 Å². The molecule has 0 atom stereocenters. The number of carbonyl (C=O) groups excluding carboxylic acids is 1. The smallest absolute Gasteiger partial charge is 0.303 e. The fourth-order valence-electron chi connectivity index (χ4n) is 2.91. The van der Waals surface area contributed by atoms with Gasteiger partial charge in [0.2, 0.25) is 0 Å². The Balaban J connectivity index is 2.26. The first-order valence-electron chi connectivity index (χ1n) is 6.74. The summed E-state index contributed by atoms with van der Waals surface area (Å²) in [6.07, 6.45) is 2.25. The fourth-order valence-corrected chi connectivity index (χ4v) is 2.91. The molecule has 0 amide bonds. The van der Waals surface area contributed by atoms with E-state index in [1.165, 1.54) is 0 Å². The van der Waals surface area contributed by atoms with Crippen molar-refractivity contribution in [2.24, 2.45) is 5.41 Å². The van der Waals surface area contributed by atoms with Crippen molar-refractivity contribution >= 4 is 11.8 Å². The SMILES string of the molecule is Cc1cc2c(n1CCCC(=O)O)CC(C)(C)CC2=O. The van der Waals surface area contributed by atoms with Crippen molar-refractivity contribution in [1.82, 2.24) is 4.57 Å². The summed E-state index contributed by atoms with van der Waals surface area (Å²) in [5.74, 6) is -0.554. The molecule has 0 bridgehead atoms. The Kier molecular flexibility index (Phi) is 3.52. The van der Waals surface area contributed by atoms with E-state index >= 15 is 0 Å². The van der Waals surface area contributed by atoms with Gasteiger partial charge in [0.15, 0.2) is 5.78 Å². The van der Waals surface area contributed by atoms with Gasteiger partial charge in [-0.15, -0.1) is 0 Å². The van der Waals surface area contributed by atoms with Crippen LogP contribution >= 0.6 is 0 Å². The largest absolute Gasteiger partial charge is 0.481 e. The third kappa shape index (κ3) is 2.88. The van der Waals surface area contributed by atoms with Crippen molar-refractivity contribution in [3.05, 3.63) is 23.0 Å². The zero-order valence-corrected chi connectivity index (χ0v) is 11.8. The van der Waals surface area contributed by atoms with Crippen molar-refractivity contribution < 1.29 is 14.7 Å². The first-order chi connectivity index (χ1) is 8.80. The average Bonchev–Trinajstić information content (AvgIpc) is 2.55. The lowest BCUT2D eigenvalue weighted by Gasteiger charge is -2.29. The molecule has 19 heavy (non-hydrogen) atoms. The van der Waals surface area contributed by atoms with Crippen molar-refractivity contribution in [3.8, 4) is 0 Å². The van der Waals surface area contributed by atoms with Gasteiger partial charge in [-0.3, -0.25) is 9.59 Å². The predicted molar refractivity (Wildman–Crippen MR) is 72.5 cm³/mol. The molecule has 104 valence electrons. The van der Waals surface area contributed by atoms with Gasteiger partial charge in [-0.25, -0.2) is 0 Å². The molecule has 0 spiro atoms. The monoisotopic (exact) mass is 263 g/mol. The lowest BCUT2D eigenvalue weighted by molar-refractivity contribution is -0.137. The maximum Gasteiger partial charge on any atom is 0.303 e. The molecule has 0 aromatic carbocycles. The number of nitrogens with zero attached hydrogens (tertiary/aromatic N) is 1. The molecule has 4 heteroatoms. The van der Waals surface area contributed by atoms with Crippen LogP contribution in [0, 0.1) is 12.3 Å². The molecule has 2 rings (SSSR count). The highest BCUT2D eigenvalue weighted by Gasteiger charge is 2.33. The van der Waals surface area contributed by atoms with E-state index in [1.54, 1.807) is 0 Å². The molecule has 0 radical (unpaired) electrons. The highest BCUT2D eigenvalue weighted by atomic mass is 16.4. The molecule has 1 aromatic heterocycles. The Bertz CT molecular complexity index is 526. The molecule has 0 fully saturated rings. The predicted octanol–water partition coefficient (Wildman–Crippen LogP) is 2.82. The summed E-state index contributed by atoms with van der Waals surface area (Å²) in [6.45, 7) is 6.88. The number of hydrogen-bond donors (Lipinski definition) is 1. The zero-order valence-electron chi connectivity index (χ0n) is 11.8. The van der Waals surface area contributed by atoms with Crippen LogP contribution in [-0.2, 0) is 17.8 Å². The summed E-state index contributed by atoms with van der Waals surface area (Å²) in [5.41, 5.74) is 2.98. The number of Topliss-reactive ketones (excluding diaryl/α,β-unsaturated/α-hetero) is 1. The Morgan fingerprint density at radius 3 is 2.74 bits per heavy atom.